The van der Waals surface area contributed by atoms with Gasteiger partial charge in [-0.3, -0.25) is 9.59 Å². The van der Waals surface area contributed by atoms with Crippen LogP contribution in [0.2, 0.25) is 0 Å². The van der Waals surface area contributed by atoms with Crippen LogP contribution < -0.4 is 10.9 Å². The lowest BCUT2D eigenvalue weighted by molar-refractivity contribution is -0.149. The molecule has 1 aliphatic carbocycles. The van der Waals surface area contributed by atoms with Gasteiger partial charge in [0.05, 0.1) is 23.8 Å². The van der Waals surface area contributed by atoms with E-state index in [1.165, 1.54) is 18.2 Å². The van der Waals surface area contributed by atoms with Gasteiger partial charge in [0.15, 0.2) is 5.78 Å². The van der Waals surface area contributed by atoms with E-state index >= 15 is 0 Å². The zero-order valence-electron chi connectivity index (χ0n) is 13.9. The largest absolute Gasteiger partial charge is 0.466 e. The van der Waals surface area contributed by atoms with Crippen LogP contribution in [-0.2, 0) is 20.5 Å². The summed E-state index contributed by atoms with van der Waals surface area (Å²) >= 11 is 0. The van der Waals surface area contributed by atoms with Crippen molar-refractivity contribution in [3.63, 3.8) is 0 Å². The predicted octanol–water partition coefficient (Wildman–Crippen LogP) is 2.95. The van der Waals surface area contributed by atoms with Crippen LogP contribution >= 0.6 is 0 Å². The van der Waals surface area contributed by atoms with Gasteiger partial charge in [-0.05, 0) is 25.1 Å². The van der Waals surface area contributed by atoms with E-state index in [0.717, 1.165) is 12.1 Å². The Morgan fingerprint density at radius 3 is 2.73 bits per heavy atom. The SMILES string of the molecule is CCOC(=O)C1CC(=O)C2=C(C1)NNC(c1cccc(C(F)(F)F)c1)=C2. The quantitative estimate of drug-likeness (QED) is 0.805. The monoisotopic (exact) mass is 366 g/mol. The molecule has 0 saturated heterocycles. The van der Waals surface area contributed by atoms with E-state index in [9.17, 15) is 22.8 Å². The van der Waals surface area contributed by atoms with Gasteiger partial charge in [0.2, 0.25) is 0 Å². The molecule has 0 fully saturated rings. The minimum absolute atomic E-state index is 0.0196. The molecule has 0 spiro atoms. The molecule has 0 bridgehead atoms. The van der Waals surface area contributed by atoms with Crippen molar-refractivity contribution in [2.24, 2.45) is 5.92 Å². The van der Waals surface area contributed by atoms with Gasteiger partial charge in [-0.25, -0.2) is 0 Å². The maximum absolute atomic E-state index is 12.9. The molecule has 0 radical (unpaired) electrons. The molecule has 138 valence electrons. The van der Waals surface area contributed by atoms with Crippen LogP contribution in [0.4, 0.5) is 13.2 Å². The average molecular weight is 366 g/mol. The number of esters is 1. The third kappa shape index (κ3) is 3.58. The number of carbonyl (C=O) groups is 2. The zero-order valence-corrected chi connectivity index (χ0v) is 13.9. The van der Waals surface area contributed by atoms with E-state index in [4.69, 9.17) is 4.74 Å². The Kier molecular flexibility index (Phi) is 4.76. The highest BCUT2D eigenvalue weighted by molar-refractivity contribution is 6.03. The first kappa shape index (κ1) is 18.0. The third-order valence-electron chi connectivity index (χ3n) is 4.27. The fraction of sp³-hybridized carbons (Fsp3) is 0.333. The standard InChI is InChI=1S/C18H17F3N2O3/c1-2-26-17(25)11-7-15-13(16(24)8-11)9-14(22-23-15)10-4-3-5-12(6-10)18(19,20)21/h3-6,9,11,22-23H,2,7-8H2,1H3. The highest BCUT2D eigenvalue weighted by Crippen LogP contribution is 2.33. The summed E-state index contributed by atoms with van der Waals surface area (Å²) in [5.41, 5.74) is 6.45. The Morgan fingerprint density at radius 1 is 1.27 bits per heavy atom. The third-order valence-corrected chi connectivity index (χ3v) is 4.27. The number of halogens is 3. The van der Waals surface area contributed by atoms with Crippen molar-refractivity contribution in [2.75, 3.05) is 6.61 Å². The molecule has 8 heteroatoms. The Morgan fingerprint density at radius 2 is 2.04 bits per heavy atom. The zero-order chi connectivity index (χ0) is 18.9. The van der Waals surface area contributed by atoms with Crippen LogP contribution in [0.15, 0.2) is 41.6 Å². The van der Waals surface area contributed by atoms with E-state index < -0.39 is 23.6 Å². The molecule has 1 unspecified atom stereocenters. The highest BCUT2D eigenvalue weighted by Gasteiger charge is 2.34. The molecule has 1 aromatic carbocycles. The van der Waals surface area contributed by atoms with Gasteiger partial charge in [-0.1, -0.05) is 12.1 Å². The van der Waals surface area contributed by atoms with E-state index in [1.807, 2.05) is 0 Å². The maximum atomic E-state index is 12.9. The van der Waals surface area contributed by atoms with Crippen molar-refractivity contribution in [1.29, 1.82) is 0 Å². The van der Waals surface area contributed by atoms with Gasteiger partial charge in [-0.15, -0.1) is 0 Å². The van der Waals surface area contributed by atoms with Gasteiger partial charge in [0, 0.05) is 29.7 Å². The van der Waals surface area contributed by atoms with Crippen LogP contribution in [0.5, 0.6) is 0 Å². The number of ether oxygens (including phenoxy) is 1. The number of benzene rings is 1. The molecule has 26 heavy (non-hydrogen) atoms. The van der Waals surface area contributed by atoms with Crippen molar-refractivity contribution in [3.05, 3.63) is 52.7 Å². The predicted molar refractivity (Wildman–Crippen MR) is 87.1 cm³/mol. The molecule has 1 atom stereocenters. The number of allylic oxidation sites excluding steroid dienone is 3. The summed E-state index contributed by atoms with van der Waals surface area (Å²) in [6, 6.07) is 4.83. The second-order valence-electron chi connectivity index (χ2n) is 6.06. The number of carbonyl (C=O) groups excluding carboxylic acids is 2. The lowest BCUT2D eigenvalue weighted by Gasteiger charge is -2.29. The van der Waals surface area contributed by atoms with E-state index in [2.05, 4.69) is 10.9 Å². The first-order valence-corrected chi connectivity index (χ1v) is 8.14. The van der Waals surface area contributed by atoms with Crippen LogP contribution in [-0.4, -0.2) is 18.4 Å². The molecule has 0 aromatic heterocycles. The minimum Gasteiger partial charge on any atom is -0.466 e. The van der Waals surface area contributed by atoms with Crippen LogP contribution in [0.25, 0.3) is 5.70 Å². The number of hydrogen-bond donors (Lipinski definition) is 2. The molecular formula is C18H17F3N2O3. The number of nitrogens with one attached hydrogen (secondary N) is 2. The number of hydrogen-bond acceptors (Lipinski definition) is 5. The lowest BCUT2D eigenvalue weighted by atomic mass is 9.85. The van der Waals surface area contributed by atoms with Gasteiger partial charge in [0.25, 0.3) is 0 Å². The maximum Gasteiger partial charge on any atom is 0.416 e. The van der Waals surface area contributed by atoms with Gasteiger partial charge in [-0.2, -0.15) is 13.2 Å². The Bertz CT molecular complexity index is 812. The van der Waals surface area contributed by atoms with Gasteiger partial charge in [0.1, 0.15) is 0 Å². The number of alkyl halides is 3. The Labute approximate surface area is 147 Å². The van der Waals surface area contributed by atoms with Crippen molar-refractivity contribution < 1.29 is 27.5 Å². The first-order valence-electron chi connectivity index (χ1n) is 8.14. The number of Topliss-reactive ketones (excluding diaryl/α,β-unsaturated/α-hetero) is 1. The first-order chi connectivity index (χ1) is 12.3. The molecule has 0 amide bonds. The topological polar surface area (TPSA) is 67.4 Å². The molecule has 2 aliphatic rings. The Balaban J connectivity index is 1.88. The number of rotatable bonds is 3. The average Bonchev–Trinajstić information content (AvgIpc) is 2.61. The second-order valence-corrected chi connectivity index (χ2v) is 6.06. The molecule has 2 N–H and O–H groups in total. The van der Waals surface area contributed by atoms with E-state index in [0.29, 0.717) is 29.0 Å². The molecule has 1 aromatic rings. The second kappa shape index (κ2) is 6.86. The van der Waals surface area contributed by atoms with Crippen molar-refractivity contribution >= 4 is 17.4 Å². The van der Waals surface area contributed by atoms with E-state index in [-0.39, 0.29) is 18.8 Å². The molecule has 5 nitrogen and oxygen atoms in total. The van der Waals surface area contributed by atoms with Crippen molar-refractivity contribution in [3.8, 4) is 0 Å². The van der Waals surface area contributed by atoms with E-state index in [1.54, 1.807) is 6.92 Å². The minimum atomic E-state index is -4.45. The molecule has 0 saturated carbocycles. The molecule has 1 aliphatic heterocycles. The fourth-order valence-electron chi connectivity index (χ4n) is 2.99. The lowest BCUT2D eigenvalue weighted by Crippen LogP contribution is -2.39. The normalized spacial score (nSPS) is 19.9. The van der Waals surface area contributed by atoms with Crippen LogP contribution in [0.3, 0.4) is 0 Å². The summed E-state index contributed by atoms with van der Waals surface area (Å²) in [7, 11) is 0. The molecular weight excluding hydrogens is 349 g/mol. The fourth-order valence-corrected chi connectivity index (χ4v) is 2.99. The van der Waals surface area contributed by atoms with Gasteiger partial charge >= 0.3 is 12.1 Å². The highest BCUT2D eigenvalue weighted by atomic mass is 19.4. The van der Waals surface area contributed by atoms with Crippen molar-refractivity contribution in [1.82, 2.24) is 10.9 Å². The van der Waals surface area contributed by atoms with Crippen LogP contribution in [0, 0.1) is 5.92 Å². The number of hydrazine groups is 1. The van der Waals surface area contributed by atoms with Crippen molar-refractivity contribution in [2.45, 2.75) is 25.9 Å². The molecule has 1 heterocycles. The molecule has 3 rings (SSSR count). The number of ketones is 1. The Hall–Kier alpha value is -2.77. The smallest absolute Gasteiger partial charge is 0.416 e. The summed E-state index contributed by atoms with van der Waals surface area (Å²) in [4.78, 5) is 24.3. The van der Waals surface area contributed by atoms with Gasteiger partial charge < -0.3 is 15.6 Å². The summed E-state index contributed by atoms with van der Waals surface area (Å²) in [6.07, 6.45) is -2.60. The summed E-state index contributed by atoms with van der Waals surface area (Å²) in [6.45, 7) is 1.93. The summed E-state index contributed by atoms with van der Waals surface area (Å²) in [5.74, 6) is -1.23. The summed E-state index contributed by atoms with van der Waals surface area (Å²) < 4.78 is 43.6. The summed E-state index contributed by atoms with van der Waals surface area (Å²) in [5, 5.41) is 0. The van der Waals surface area contributed by atoms with Crippen LogP contribution in [0.1, 0.15) is 30.9 Å².